The molecule has 0 spiro atoms. The van der Waals surface area contributed by atoms with E-state index in [0.717, 1.165) is 12.2 Å². The molecule has 1 aromatic carbocycles. The summed E-state index contributed by atoms with van der Waals surface area (Å²) in [5, 5.41) is 1.22. The summed E-state index contributed by atoms with van der Waals surface area (Å²) in [5.74, 6) is 0. The van der Waals surface area contributed by atoms with Crippen molar-refractivity contribution < 1.29 is 4.74 Å². The van der Waals surface area contributed by atoms with Crippen LogP contribution in [0.3, 0.4) is 0 Å². The summed E-state index contributed by atoms with van der Waals surface area (Å²) in [4.78, 5) is 0. The van der Waals surface area contributed by atoms with Crippen LogP contribution in [0.4, 0.5) is 0 Å². The minimum Gasteiger partial charge on any atom is -0.368 e. The van der Waals surface area contributed by atoms with Crippen LogP contribution >= 0.6 is 23.2 Å². The number of rotatable bonds is 1. The fourth-order valence-electron chi connectivity index (χ4n) is 0.997. The molecule has 0 saturated carbocycles. The average Bonchev–Trinajstić information content (AvgIpc) is 2.77. The number of epoxide rings is 1. The van der Waals surface area contributed by atoms with Crippen molar-refractivity contribution in [2.24, 2.45) is 0 Å². The van der Waals surface area contributed by atoms with Crippen molar-refractivity contribution in [2.45, 2.75) is 6.10 Å². The molecule has 0 N–H and O–H groups in total. The molecule has 0 unspecified atom stereocenters. The SMILES string of the molecule is Clc1cccc([C@H]2CO2)c1Cl. The van der Waals surface area contributed by atoms with Gasteiger partial charge in [0.25, 0.3) is 0 Å². The number of benzene rings is 1. The first kappa shape index (κ1) is 7.41. The molecule has 1 atom stereocenters. The van der Waals surface area contributed by atoms with Crippen molar-refractivity contribution in [3.05, 3.63) is 33.8 Å². The zero-order chi connectivity index (χ0) is 7.84. The minimum atomic E-state index is 0.182. The van der Waals surface area contributed by atoms with E-state index in [-0.39, 0.29) is 6.10 Å². The molecular weight excluding hydrogens is 183 g/mol. The van der Waals surface area contributed by atoms with Gasteiger partial charge >= 0.3 is 0 Å². The van der Waals surface area contributed by atoms with Crippen LogP contribution < -0.4 is 0 Å². The Kier molecular flexibility index (Phi) is 1.80. The average molecular weight is 189 g/mol. The van der Waals surface area contributed by atoms with Crippen molar-refractivity contribution in [3.8, 4) is 0 Å². The first-order valence-corrected chi connectivity index (χ1v) is 4.10. The van der Waals surface area contributed by atoms with Gasteiger partial charge < -0.3 is 4.74 Å². The molecule has 58 valence electrons. The van der Waals surface area contributed by atoms with Gasteiger partial charge in [0.15, 0.2) is 0 Å². The zero-order valence-corrected chi connectivity index (χ0v) is 7.19. The van der Waals surface area contributed by atoms with Gasteiger partial charge in [0.05, 0.1) is 16.7 Å². The monoisotopic (exact) mass is 188 g/mol. The van der Waals surface area contributed by atoms with Gasteiger partial charge in [-0.1, -0.05) is 35.3 Å². The summed E-state index contributed by atoms with van der Waals surface area (Å²) in [6.07, 6.45) is 0.182. The van der Waals surface area contributed by atoms with Gasteiger partial charge in [0.1, 0.15) is 6.10 Å². The predicted octanol–water partition coefficient (Wildman–Crippen LogP) is 3.06. The Hall–Kier alpha value is -0.240. The second kappa shape index (κ2) is 2.67. The van der Waals surface area contributed by atoms with E-state index < -0.39 is 0 Å². The maximum atomic E-state index is 5.92. The highest BCUT2D eigenvalue weighted by Gasteiger charge is 2.27. The number of halogens is 2. The number of hydrogen-bond donors (Lipinski definition) is 0. The topological polar surface area (TPSA) is 12.5 Å². The van der Waals surface area contributed by atoms with Crippen LogP contribution in [0.15, 0.2) is 18.2 Å². The minimum absolute atomic E-state index is 0.182. The highest BCUT2D eigenvalue weighted by atomic mass is 35.5. The van der Waals surface area contributed by atoms with Crippen LogP contribution in [0.25, 0.3) is 0 Å². The standard InChI is InChI=1S/C8H6Cl2O/c9-6-3-1-2-5(8(6)10)7-4-11-7/h1-3,7H,4H2/t7-/m1/s1. The van der Waals surface area contributed by atoms with Gasteiger partial charge in [-0.05, 0) is 6.07 Å². The molecule has 2 rings (SSSR count). The summed E-state index contributed by atoms with van der Waals surface area (Å²) < 4.78 is 5.09. The van der Waals surface area contributed by atoms with E-state index in [0.29, 0.717) is 10.0 Å². The molecule has 1 fully saturated rings. The molecule has 0 radical (unpaired) electrons. The molecule has 1 heterocycles. The van der Waals surface area contributed by atoms with E-state index in [9.17, 15) is 0 Å². The molecule has 11 heavy (non-hydrogen) atoms. The second-order valence-electron chi connectivity index (χ2n) is 2.47. The fourth-order valence-corrected chi connectivity index (χ4v) is 1.43. The van der Waals surface area contributed by atoms with Crippen molar-refractivity contribution in [2.75, 3.05) is 6.61 Å². The fraction of sp³-hybridized carbons (Fsp3) is 0.250. The third-order valence-electron chi connectivity index (χ3n) is 1.66. The Labute approximate surface area is 74.9 Å². The highest BCUT2D eigenvalue weighted by molar-refractivity contribution is 6.42. The van der Waals surface area contributed by atoms with Crippen LogP contribution in [0.2, 0.25) is 10.0 Å². The molecule has 0 amide bonds. The molecule has 0 aromatic heterocycles. The summed E-state index contributed by atoms with van der Waals surface area (Å²) in [6, 6.07) is 5.59. The lowest BCUT2D eigenvalue weighted by atomic mass is 10.2. The van der Waals surface area contributed by atoms with E-state index >= 15 is 0 Å². The Morgan fingerprint density at radius 3 is 2.73 bits per heavy atom. The van der Waals surface area contributed by atoms with Crippen LogP contribution in [0, 0.1) is 0 Å². The van der Waals surface area contributed by atoms with Gasteiger partial charge in [-0.25, -0.2) is 0 Å². The van der Waals surface area contributed by atoms with E-state index in [1.807, 2.05) is 12.1 Å². The summed E-state index contributed by atoms with van der Waals surface area (Å²) >= 11 is 11.7. The van der Waals surface area contributed by atoms with E-state index in [2.05, 4.69) is 0 Å². The highest BCUT2D eigenvalue weighted by Crippen LogP contribution is 2.37. The molecule has 3 heteroatoms. The van der Waals surface area contributed by atoms with Crippen molar-refractivity contribution in [1.29, 1.82) is 0 Å². The molecule has 1 nitrogen and oxygen atoms in total. The van der Waals surface area contributed by atoms with Crippen LogP contribution in [0.5, 0.6) is 0 Å². The van der Waals surface area contributed by atoms with Crippen LogP contribution in [0.1, 0.15) is 11.7 Å². The van der Waals surface area contributed by atoms with Crippen molar-refractivity contribution in [1.82, 2.24) is 0 Å². The largest absolute Gasteiger partial charge is 0.368 e. The molecular formula is C8H6Cl2O. The van der Waals surface area contributed by atoms with Crippen LogP contribution in [-0.2, 0) is 4.74 Å². The molecule has 1 aromatic rings. The van der Waals surface area contributed by atoms with E-state index in [4.69, 9.17) is 27.9 Å². The molecule has 0 bridgehead atoms. The Morgan fingerprint density at radius 2 is 2.09 bits per heavy atom. The predicted molar refractivity (Wildman–Crippen MR) is 45.2 cm³/mol. The van der Waals surface area contributed by atoms with Crippen molar-refractivity contribution >= 4 is 23.2 Å². The molecule has 1 saturated heterocycles. The smallest absolute Gasteiger partial charge is 0.107 e. The Balaban J connectivity index is 2.45. The lowest BCUT2D eigenvalue weighted by Crippen LogP contribution is -1.82. The molecule has 1 aliphatic rings. The maximum Gasteiger partial charge on any atom is 0.107 e. The first-order chi connectivity index (χ1) is 5.29. The normalized spacial score (nSPS) is 21.8. The summed E-state index contributed by atoms with van der Waals surface area (Å²) in [7, 11) is 0. The van der Waals surface area contributed by atoms with Gasteiger partial charge in [-0.2, -0.15) is 0 Å². The van der Waals surface area contributed by atoms with Crippen molar-refractivity contribution in [3.63, 3.8) is 0 Å². The quantitative estimate of drug-likeness (QED) is 0.618. The number of hydrogen-bond acceptors (Lipinski definition) is 1. The van der Waals surface area contributed by atoms with E-state index in [1.54, 1.807) is 6.07 Å². The van der Waals surface area contributed by atoms with Gasteiger partial charge in [0.2, 0.25) is 0 Å². The zero-order valence-electron chi connectivity index (χ0n) is 5.68. The Bertz CT molecular complexity index is 281. The lowest BCUT2D eigenvalue weighted by Gasteiger charge is -2.00. The lowest BCUT2D eigenvalue weighted by molar-refractivity contribution is 0.416. The third kappa shape index (κ3) is 1.36. The second-order valence-corrected chi connectivity index (χ2v) is 3.25. The molecule has 1 aliphatic heterocycles. The Morgan fingerprint density at radius 1 is 1.36 bits per heavy atom. The molecule has 0 aliphatic carbocycles. The van der Waals surface area contributed by atoms with Gasteiger partial charge in [-0.15, -0.1) is 0 Å². The maximum absolute atomic E-state index is 5.92. The summed E-state index contributed by atoms with van der Waals surface area (Å²) in [5.41, 5.74) is 0.999. The number of ether oxygens (including phenoxy) is 1. The van der Waals surface area contributed by atoms with Crippen LogP contribution in [-0.4, -0.2) is 6.61 Å². The first-order valence-electron chi connectivity index (χ1n) is 3.34. The van der Waals surface area contributed by atoms with E-state index in [1.165, 1.54) is 0 Å². The van der Waals surface area contributed by atoms with Gasteiger partial charge in [0, 0.05) is 5.56 Å². The summed E-state index contributed by atoms with van der Waals surface area (Å²) in [6.45, 7) is 0.764. The van der Waals surface area contributed by atoms with Gasteiger partial charge in [-0.3, -0.25) is 0 Å². The third-order valence-corrected chi connectivity index (χ3v) is 2.50.